The zero-order valence-corrected chi connectivity index (χ0v) is 39.5. The highest BCUT2D eigenvalue weighted by Crippen LogP contribution is 2.13. The first kappa shape index (κ1) is 55.3. The molecular formula is C47H79N11O6. The van der Waals surface area contributed by atoms with Gasteiger partial charge in [0, 0.05) is 58.6 Å². The maximum absolute atomic E-state index is 13.0. The van der Waals surface area contributed by atoms with E-state index >= 15 is 0 Å². The zero-order valence-electron chi connectivity index (χ0n) is 39.5. The maximum Gasteiger partial charge on any atom is 0.306 e. The van der Waals surface area contributed by atoms with E-state index in [9.17, 15) is 24.0 Å². The minimum absolute atomic E-state index is 0.0390. The van der Waals surface area contributed by atoms with Crippen LogP contribution in [0, 0.1) is 0 Å². The number of carbonyl (C=O) groups excluding carboxylic acids is 5. The third kappa shape index (κ3) is 23.8. The number of rotatable bonds is 34. The fourth-order valence-corrected chi connectivity index (χ4v) is 7.03. The number of hydrogen-bond acceptors (Lipinski definition) is 13. The second-order valence-electron chi connectivity index (χ2n) is 16.4. The van der Waals surface area contributed by atoms with Gasteiger partial charge in [-0.3, -0.25) is 24.0 Å². The monoisotopic (exact) mass is 894 g/mol. The second kappa shape index (κ2) is 33.7. The predicted octanol–water partition coefficient (Wildman–Crippen LogP) is 2.81. The Morgan fingerprint density at radius 1 is 0.609 bits per heavy atom. The van der Waals surface area contributed by atoms with Crippen molar-refractivity contribution in [1.82, 2.24) is 51.0 Å². The SMILES string of the molecule is CNCCCCC(NC(=O)C(Cc1cn(C)cn1)NC)C(=O)CCCCCC(=O)OCc1ccccc1.CNCCCCC(NC(=O)C(Cc1cn(C)cn1)NC)C(=O)CCCCN. The van der Waals surface area contributed by atoms with Crippen molar-refractivity contribution in [2.24, 2.45) is 19.8 Å². The molecule has 0 spiro atoms. The number of Topliss-reactive ketones (excluding diaryl/α,β-unsaturated/α-hetero) is 2. The Kier molecular flexibility index (Phi) is 29.1. The van der Waals surface area contributed by atoms with Crippen molar-refractivity contribution in [3.05, 3.63) is 72.3 Å². The van der Waals surface area contributed by atoms with Gasteiger partial charge in [-0.15, -0.1) is 0 Å². The van der Waals surface area contributed by atoms with E-state index in [0.717, 1.165) is 75.0 Å². The number of nitrogens with one attached hydrogen (secondary N) is 6. The molecule has 0 saturated carbocycles. The Morgan fingerprint density at radius 2 is 1.08 bits per heavy atom. The molecule has 4 unspecified atom stereocenters. The molecule has 64 heavy (non-hydrogen) atoms. The van der Waals surface area contributed by atoms with Crippen LogP contribution in [-0.4, -0.2) is 120 Å². The minimum Gasteiger partial charge on any atom is -0.461 e. The van der Waals surface area contributed by atoms with Gasteiger partial charge < -0.3 is 51.5 Å². The van der Waals surface area contributed by atoms with Crippen LogP contribution in [0.1, 0.15) is 107 Å². The predicted molar refractivity (Wildman–Crippen MR) is 251 cm³/mol. The van der Waals surface area contributed by atoms with Crippen LogP contribution < -0.4 is 37.6 Å². The summed E-state index contributed by atoms with van der Waals surface area (Å²) in [5, 5.41) is 18.2. The summed E-state index contributed by atoms with van der Waals surface area (Å²) in [5.41, 5.74) is 8.13. The minimum atomic E-state index is -0.514. The number of carbonyl (C=O) groups is 5. The number of ketones is 2. The highest BCUT2D eigenvalue weighted by molar-refractivity contribution is 5.91. The molecule has 0 fully saturated rings. The van der Waals surface area contributed by atoms with E-state index in [1.807, 2.05) is 80.1 Å². The van der Waals surface area contributed by atoms with E-state index in [-0.39, 0.29) is 36.0 Å². The summed E-state index contributed by atoms with van der Waals surface area (Å²) >= 11 is 0. The Hall–Kier alpha value is -4.81. The Morgan fingerprint density at radius 3 is 1.50 bits per heavy atom. The lowest BCUT2D eigenvalue weighted by atomic mass is 9.99. The van der Waals surface area contributed by atoms with E-state index in [4.69, 9.17) is 10.5 Å². The first-order valence-electron chi connectivity index (χ1n) is 23.1. The molecule has 3 rings (SSSR count). The van der Waals surface area contributed by atoms with Crippen LogP contribution in [0.4, 0.5) is 0 Å². The van der Waals surface area contributed by atoms with Crippen LogP contribution in [-0.2, 0) is 62.3 Å². The van der Waals surface area contributed by atoms with Gasteiger partial charge in [0.05, 0.1) is 48.2 Å². The number of unbranched alkanes of at least 4 members (excludes halogenated alkanes) is 5. The maximum atomic E-state index is 13.0. The Balaban J connectivity index is 0.000000463. The van der Waals surface area contributed by atoms with Crippen LogP contribution in [0.5, 0.6) is 0 Å². The van der Waals surface area contributed by atoms with Gasteiger partial charge >= 0.3 is 5.97 Å². The molecule has 17 heteroatoms. The first-order chi connectivity index (χ1) is 30.9. The number of nitrogens with zero attached hydrogens (tertiary/aromatic N) is 4. The van der Waals surface area contributed by atoms with Crippen LogP contribution in [0.15, 0.2) is 55.4 Å². The highest BCUT2D eigenvalue weighted by atomic mass is 16.5. The quantitative estimate of drug-likeness (QED) is 0.0339. The average molecular weight is 894 g/mol. The molecule has 0 radical (unpaired) electrons. The van der Waals surface area contributed by atoms with Crippen molar-refractivity contribution in [1.29, 1.82) is 0 Å². The summed E-state index contributed by atoms with van der Waals surface area (Å²) in [6, 6.07) is 7.75. The second-order valence-corrected chi connectivity index (χ2v) is 16.4. The van der Waals surface area contributed by atoms with E-state index in [1.54, 1.807) is 26.7 Å². The number of nitrogens with two attached hydrogens (primary N) is 1. The van der Waals surface area contributed by atoms with Gasteiger partial charge in [0.25, 0.3) is 0 Å². The van der Waals surface area contributed by atoms with Gasteiger partial charge in [-0.2, -0.15) is 0 Å². The number of likely N-dealkylation sites (N-methyl/N-ethyl adjacent to an activating group) is 2. The number of aromatic nitrogens is 4. The largest absolute Gasteiger partial charge is 0.461 e. The van der Waals surface area contributed by atoms with E-state index in [1.165, 1.54) is 0 Å². The molecule has 17 nitrogen and oxygen atoms in total. The lowest BCUT2D eigenvalue weighted by Crippen LogP contribution is -2.50. The topological polar surface area (TPSA) is 228 Å². The van der Waals surface area contributed by atoms with Gasteiger partial charge in [-0.05, 0) is 118 Å². The van der Waals surface area contributed by atoms with Crippen LogP contribution in [0.2, 0.25) is 0 Å². The number of amides is 2. The molecule has 2 aromatic heterocycles. The lowest BCUT2D eigenvalue weighted by molar-refractivity contribution is -0.145. The summed E-state index contributed by atoms with van der Waals surface area (Å²) in [6.45, 7) is 2.63. The molecule has 4 atom stereocenters. The lowest BCUT2D eigenvalue weighted by Gasteiger charge is -2.22. The summed E-state index contributed by atoms with van der Waals surface area (Å²) in [7, 11) is 11.1. The van der Waals surface area contributed by atoms with Crippen molar-refractivity contribution < 1.29 is 28.7 Å². The highest BCUT2D eigenvalue weighted by Gasteiger charge is 2.26. The van der Waals surface area contributed by atoms with Gasteiger partial charge in [0.2, 0.25) is 11.8 Å². The molecule has 0 aliphatic heterocycles. The molecule has 358 valence electrons. The van der Waals surface area contributed by atoms with Crippen LogP contribution in [0.3, 0.4) is 0 Å². The molecule has 2 amide bonds. The summed E-state index contributed by atoms with van der Waals surface area (Å²) in [4.78, 5) is 71.9. The van der Waals surface area contributed by atoms with Crippen LogP contribution >= 0.6 is 0 Å². The summed E-state index contributed by atoms with van der Waals surface area (Å²) in [6.07, 6.45) is 17.9. The molecule has 0 aliphatic carbocycles. The van der Waals surface area contributed by atoms with Gasteiger partial charge in [-0.1, -0.05) is 36.8 Å². The van der Waals surface area contributed by atoms with Crippen molar-refractivity contribution in [2.75, 3.05) is 47.8 Å². The van der Waals surface area contributed by atoms with Gasteiger partial charge in [0.1, 0.15) is 6.61 Å². The van der Waals surface area contributed by atoms with Gasteiger partial charge in [0.15, 0.2) is 11.6 Å². The van der Waals surface area contributed by atoms with E-state index in [0.29, 0.717) is 64.3 Å². The number of ether oxygens (including phenoxy) is 1. The first-order valence-corrected chi connectivity index (χ1v) is 23.1. The third-order valence-electron chi connectivity index (χ3n) is 10.8. The number of esters is 1. The standard InChI is InChI=1S/C28H43N5O4.C19H36N6O2/c1-29-17-11-10-14-24(32-28(36)25(30-2)18-23-19-33(3)21-31-23)26(34)15-8-5-9-16-27(35)37-20-22-12-6-4-7-13-22;1-21-11-7-5-8-16(18(26)9-4-6-10-20)24-19(27)17(22-2)12-15-13-25(3)14-23-15/h4,6-7,12-13,19,21,24-25,29-30H,5,8-11,14-18,20H2,1-3H3,(H,32,36);13-14,16-17,21-22H,4-12,20H2,1-3H3,(H,24,27). The van der Waals surface area contributed by atoms with Crippen molar-refractivity contribution in [2.45, 2.75) is 134 Å². The molecule has 0 aliphatic rings. The van der Waals surface area contributed by atoms with Crippen molar-refractivity contribution in [3.8, 4) is 0 Å². The normalized spacial score (nSPS) is 12.9. The molecule has 2 heterocycles. The fraction of sp³-hybridized carbons (Fsp3) is 0.638. The van der Waals surface area contributed by atoms with E-state index < -0.39 is 24.2 Å². The number of hydrogen-bond donors (Lipinski definition) is 7. The number of benzene rings is 1. The van der Waals surface area contributed by atoms with E-state index in [2.05, 4.69) is 41.9 Å². The fourth-order valence-electron chi connectivity index (χ4n) is 7.03. The molecule has 1 aromatic carbocycles. The average Bonchev–Trinajstić information content (AvgIpc) is 3.92. The summed E-state index contributed by atoms with van der Waals surface area (Å²) in [5.74, 6) is -0.447. The molecule has 0 bridgehead atoms. The van der Waals surface area contributed by atoms with Crippen molar-refractivity contribution in [3.63, 3.8) is 0 Å². The molecule has 3 aromatic rings. The summed E-state index contributed by atoms with van der Waals surface area (Å²) < 4.78 is 9.01. The Labute approximate surface area is 381 Å². The molecule has 0 saturated heterocycles. The third-order valence-corrected chi connectivity index (χ3v) is 10.8. The van der Waals surface area contributed by atoms with Gasteiger partial charge in [-0.25, -0.2) is 9.97 Å². The van der Waals surface area contributed by atoms with Crippen molar-refractivity contribution >= 4 is 29.4 Å². The zero-order chi connectivity index (χ0) is 47.0. The molecule has 8 N–H and O–H groups in total. The number of imidazole rings is 2. The number of aryl methyl sites for hydroxylation is 2. The smallest absolute Gasteiger partial charge is 0.306 e. The Bertz CT molecular complexity index is 1750. The molecular weight excluding hydrogens is 815 g/mol. The van der Waals surface area contributed by atoms with Crippen LogP contribution in [0.25, 0.3) is 0 Å².